The first-order valence-electron chi connectivity index (χ1n) is 10.6. The number of nitrogens with zero attached hydrogens (tertiary/aromatic N) is 1. The fraction of sp³-hybridized carbons (Fsp3) is 0.750. The van der Waals surface area contributed by atoms with E-state index in [2.05, 4.69) is 5.32 Å². The van der Waals surface area contributed by atoms with Crippen molar-refractivity contribution in [2.45, 2.75) is 53.2 Å². The van der Waals surface area contributed by atoms with Crippen molar-refractivity contribution in [3.05, 3.63) is 20.4 Å². The van der Waals surface area contributed by atoms with Gasteiger partial charge in [-0.1, -0.05) is 0 Å². The number of alkyl carbamates (subject to hydrolysis) is 1. The Bertz CT molecular complexity index is 848. The minimum Gasteiger partial charge on any atom is -0.488 e. The number of rotatable bonds is 14. The van der Waals surface area contributed by atoms with Gasteiger partial charge in [0.05, 0.1) is 32.1 Å². The number of amides is 1. The molecule has 0 aliphatic carbocycles. The topological polar surface area (TPSA) is 141 Å². The number of hydrogen-bond donors (Lipinski definition) is 2. The molecule has 0 aromatic heterocycles. The highest BCUT2D eigenvalue weighted by Crippen LogP contribution is 2.47. The lowest BCUT2D eigenvalue weighted by Crippen LogP contribution is -2.47. The number of aliphatic hydroxyl groups excluding tert-OH is 1. The third kappa shape index (κ3) is 8.54. The highest BCUT2D eigenvalue weighted by molar-refractivity contribution is 7.53. The molecule has 0 saturated heterocycles. The molecule has 0 heterocycles. The Morgan fingerprint density at radius 1 is 1.09 bits per heavy atom. The van der Waals surface area contributed by atoms with Gasteiger partial charge < -0.3 is 33.8 Å². The summed E-state index contributed by atoms with van der Waals surface area (Å²) in [6.45, 7) is 10.4. The maximum atomic E-state index is 12.8. The SMILES string of the molecule is CCOc1c(N(CCP(=O)(OCC)OCC)CC(O)CNC(=O)OC(C)(C)C)c(=O)c1=O. The number of ether oxygens (including phenoxy) is 2. The molecule has 184 valence electrons. The summed E-state index contributed by atoms with van der Waals surface area (Å²) in [4.78, 5) is 37.4. The highest BCUT2D eigenvalue weighted by Gasteiger charge is 2.32. The highest BCUT2D eigenvalue weighted by atomic mass is 31.2. The Labute approximate surface area is 188 Å². The molecular formula is C20H35N2O9P. The van der Waals surface area contributed by atoms with E-state index in [1.807, 2.05) is 0 Å². The van der Waals surface area contributed by atoms with Gasteiger partial charge in [-0.15, -0.1) is 0 Å². The number of nitrogens with one attached hydrogen (secondary N) is 1. The van der Waals surface area contributed by atoms with E-state index in [0.29, 0.717) is 0 Å². The monoisotopic (exact) mass is 478 g/mol. The second-order valence-corrected chi connectivity index (χ2v) is 10.1. The Morgan fingerprint density at radius 3 is 2.19 bits per heavy atom. The number of aliphatic hydroxyl groups is 1. The Morgan fingerprint density at radius 2 is 1.69 bits per heavy atom. The quantitative estimate of drug-likeness (QED) is 0.299. The molecule has 0 aliphatic heterocycles. The fourth-order valence-electron chi connectivity index (χ4n) is 2.86. The molecule has 32 heavy (non-hydrogen) atoms. The van der Waals surface area contributed by atoms with Crippen LogP contribution >= 0.6 is 7.60 Å². The predicted octanol–water partition coefficient (Wildman–Crippen LogP) is 1.64. The van der Waals surface area contributed by atoms with Crippen LogP contribution in [0.1, 0.15) is 41.5 Å². The molecule has 0 bridgehead atoms. The van der Waals surface area contributed by atoms with Crippen LogP contribution in [0.2, 0.25) is 0 Å². The average Bonchev–Trinajstić information content (AvgIpc) is 2.69. The van der Waals surface area contributed by atoms with Gasteiger partial charge >= 0.3 is 13.7 Å². The summed E-state index contributed by atoms with van der Waals surface area (Å²) in [5, 5.41) is 12.9. The van der Waals surface area contributed by atoms with Gasteiger partial charge in [0.1, 0.15) is 11.3 Å². The number of carbonyl (C=O) groups is 1. The summed E-state index contributed by atoms with van der Waals surface area (Å²) in [6, 6.07) is 0. The van der Waals surface area contributed by atoms with Crippen molar-refractivity contribution < 1.29 is 33.0 Å². The van der Waals surface area contributed by atoms with Gasteiger partial charge in [-0.2, -0.15) is 0 Å². The predicted molar refractivity (Wildman–Crippen MR) is 121 cm³/mol. The van der Waals surface area contributed by atoms with Gasteiger partial charge in [-0.25, -0.2) is 4.79 Å². The first-order valence-corrected chi connectivity index (χ1v) is 12.3. The number of anilines is 1. The van der Waals surface area contributed by atoms with E-state index >= 15 is 0 Å². The molecule has 0 fully saturated rings. The normalized spacial score (nSPS) is 13.1. The van der Waals surface area contributed by atoms with Crippen LogP contribution in [0.15, 0.2) is 9.59 Å². The molecule has 0 radical (unpaired) electrons. The van der Waals surface area contributed by atoms with E-state index in [0.717, 1.165) is 0 Å². The zero-order valence-electron chi connectivity index (χ0n) is 19.6. The molecule has 1 aromatic rings. The van der Waals surface area contributed by atoms with Gasteiger partial charge in [0.25, 0.3) is 10.9 Å². The largest absolute Gasteiger partial charge is 0.488 e. The van der Waals surface area contributed by atoms with Crippen molar-refractivity contribution in [1.29, 1.82) is 0 Å². The molecule has 11 nitrogen and oxygen atoms in total. The summed E-state index contributed by atoms with van der Waals surface area (Å²) in [7, 11) is -3.44. The van der Waals surface area contributed by atoms with Crippen LogP contribution in [0, 0.1) is 0 Å². The van der Waals surface area contributed by atoms with Gasteiger partial charge in [0.15, 0.2) is 5.75 Å². The average molecular weight is 478 g/mol. The molecule has 1 rings (SSSR count). The van der Waals surface area contributed by atoms with Crippen LogP contribution in [0.4, 0.5) is 10.5 Å². The van der Waals surface area contributed by atoms with E-state index in [4.69, 9.17) is 18.5 Å². The van der Waals surface area contributed by atoms with Gasteiger partial charge in [0, 0.05) is 19.6 Å². The fourth-order valence-corrected chi connectivity index (χ4v) is 4.46. The second kappa shape index (κ2) is 12.3. The minimum absolute atomic E-state index is 0.00675. The van der Waals surface area contributed by atoms with Crippen molar-refractivity contribution in [2.24, 2.45) is 0 Å². The Kier molecular flexibility index (Phi) is 10.8. The van der Waals surface area contributed by atoms with Crippen molar-refractivity contribution >= 4 is 19.4 Å². The second-order valence-electron chi connectivity index (χ2n) is 7.92. The van der Waals surface area contributed by atoms with Crippen LogP contribution in [-0.4, -0.2) is 68.5 Å². The maximum Gasteiger partial charge on any atom is 0.407 e. The van der Waals surface area contributed by atoms with E-state index in [9.17, 15) is 24.1 Å². The summed E-state index contributed by atoms with van der Waals surface area (Å²) < 4.78 is 33.8. The zero-order valence-corrected chi connectivity index (χ0v) is 20.5. The molecule has 0 spiro atoms. The lowest BCUT2D eigenvalue weighted by atomic mass is 10.1. The van der Waals surface area contributed by atoms with Crippen LogP contribution in [0.3, 0.4) is 0 Å². The van der Waals surface area contributed by atoms with Crippen molar-refractivity contribution in [2.75, 3.05) is 50.5 Å². The Hall–Kier alpha value is -1.94. The summed E-state index contributed by atoms with van der Waals surface area (Å²) >= 11 is 0. The van der Waals surface area contributed by atoms with E-state index < -0.39 is 36.3 Å². The third-order valence-corrected chi connectivity index (χ3v) is 6.11. The molecule has 0 aliphatic rings. The van der Waals surface area contributed by atoms with Crippen molar-refractivity contribution in [3.63, 3.8) is 0 Å². The maximum absolute atomic E-state index is 12.8. The number of carbonyl (C=O) groups excluding carboxylic acids is 1. The lowest BCUT2D eigenvalue weighted by Gasteiger charge is -2.30. The van der Waals surface area contributed by atoms with E-state index in [-0.39, 0.29) is 57.1 Å². The minimum atomic E-state index is -3.44. The van der Waals surface area contributed by atoms with E-state index in [1.165, 1.54) is 4.90 Å². The summed E-state index contributed by atoms with van der Waals surface area (Å²) in [5.74, 6) is -0.104. The first kappa shape index (κ1) is 28.1. The van der Waals surface area contributed by atoms with E-state index in [1.54, 1.807) is 41.5 Å². The van der Waals surface area contributed by atoms with Gasteiger partial charge in [-0.3, -0.25) is 14.2 Å². The molecule has 1 aromatic carbocycles. The van der Waals surface area contributed by atoms with Crippen LogP contribution in [-0.2, 0) is 18.3 Å². The Balaban J connectivity index is 2.97. The molecule has 1 amide bonds. The zero-order chi connectivity index (χ0) is 24.5. The molecular weight excluding hydrogens is 443 g/mol. The molecule has 0 saturated carbocycles. The lowest BCUT2D eigenvalue weighted by molar-refractivity contribution is 0.0494. The number of hydrogen-bond acceptors (Lipinski definition) is 10. The van der Waals surface area contributed by atoms with Gasteiger partial charge in [0.2, 0.25) is 0 Å². The molecule has 1 unspecified atom stereocenters. The first-order chi connectivity index (χ1) is 14.9. The standard InChI is InChI=1S/C20H35N2O9P/c1-7-28-18-15(16(24)17(18)25)22(10-11-32(27,29-8-2)30-9-3)13-14(23)12-21-19(26)31-20(4,5)6/h14,23H,7-13H2,1-6H3,(H,21,26). The summed E-state index contributed by atoms with van der Waals surface area (Å²) in [5.41, 5.74) is -2.22. The van der Waals surface area contributed by atoms with Crippen LogP contribution in [0.5, 0.6) is 5.75 Å². The van der Waals surface area contributed by atoms with Crippen LogP contribution in [0.25, 0.3) is 0 Å². The molecule has 12 heteroatoms. The van der Waals surface area contributed by atoms with Crippen molar-refractivity contribution in [3.8, 4) is 5.75 Å². The smallest absolute Gasteiger partial charge is 0.407 e. The molecule has 2 N–H and O–H groups in total. The van der Waals surface area contributed by atoms with Gasteiger partial charge in [-0.05, 0) is 41.5 Å². The molecule has 1 atom stereocenters. The van der Waals surface area contributed by atoms with Crippen LogP contribution < -0.4 is 25.8 Å². The third-order valence-electron chi connectivity index (χ3n) is 4.05. The summed E-state index contributed by atoms with van der Waals surface area (Å²) in [6.07, 6.45) is -1.91. The van der Waals surface area contributed by atoms with Crippen molar-refractivity contribution in [1.82, 2.24) is 5.32 Å².